The Hall–Kier alpha value is -0.560. The topological polar surface area (TPSA) is 57.9 Å². The fourth-order valence-electron chi connectivity index (χ4n) is 0.496. The molecular weight excluding hydrogens is 162 g/mol. The van der Waals surface area contributed by atoms with E-state index >= 15 is 0 Å². The van der Waals surface area contributed by atoms with Gasteiger partial charge in [-0.1, -0.05) is 0 Å². The van der Waals surface area contributed by atoms with Crippen molar-refractivity contribution in [3.05, 3.63) is 0 Å². The van der Waals surface area contributed by atoms with E-state index < -0.39 is 15.3 Å². The van der Waals surface area contributed by atoms with Crippen LogP contribution in [0.1, 0.15) is 20.3 Å². The largest absolute Gasteiger partial charge is 0.229 e. The molecule has 0 bridgehead atoms. The average Bonchev–Trinajstić information content (AvgIpc) is 1.83. The normalized spacial score (nSPS) is 12.5. The van der Waals surface area contributed by atoms with Crippen LogP contribution in [0.5, 0.6) is 0 Å². The molecule has 0 aliphatic rings. The Balaban J connectivity index is 4.03. The van der Waals surface area contributed by atoms with Gasteiger partial charge in [0.05, 0.1) is 17.2 Å². The molecule has 11 heavy (non-hydrogen) atoms. The third kappa shape index (κ3) is 5.86. The van der Waals surface area contributed by atoms with Crippen LogP contribution in [0.15, 0.2) is 0 Å². The lowest BCUT2D eigenvalue weighted by Gasteiger charge is -2.12. The number of nitrogens with zero attached hydrogens (tertiary/aromatic N) is 1. The number of nitriles is 1. The average molecular weight is 175 g/mol. The quantitative estimate of drug-likeness (QED) is 0.642. The van der Waals surface area contributed by atoms with E-state index in [1.54, 1.807) is 13.8 Å². The van der Waals surface area contributed by atoms with E-state index in [0.717, 1.165) is 0 Å². The Morgan fingerprint density at radius 2 is 1.91 bits per heavy atom. The highest BCUT2D eigenvalue weighted by atomic mass is 32.2. The first-order valence-electron chi connectivity index (χ1n) is 3.36. The van der Waals surface area contributed by atoms with E-state index in [9.17, 15) is 8.42 Å². The molecule has 0 aromatic carbocycles. The molecule has 0 saturated carbocycles. The first kappa shape index (κ1) is 10.4. The van der Waals surface area contributed by atoms with Crippen LogP contribution in [-0.2, 0) is 9.84 Å². The third-order valence-corrected chi connectivity index (χ3v) is 2.35. The minimum atomic E-state index is -2.92. The van der Waals surface area contributed by atoms with Crippen LogP contribution >= 0.6 is 0 Å². The first-order valence-corrected chi connectivity index (χ1v) is 5.42. The van der Waals surface area contributed by atoms with Gasteiger partial charge in [0.25, 0.3) is 0 Å². The second-order valence-corrected chi connectivity index (χ2v) is 5.64. The Kier molecular flexibility index (Phi) is 3.06. The summed E-state index contributed by atoms with van der Waals surface area (Å²) in [5.74, 6) is 0.0908. The van der Waals surface area contributed by atoms with Gasteiger partial charge in [-0.3, -0.25) is 0 Å². The summed E-state index contributed by atoms with van der Waals surface area (Å²) in [4.78, 5) is 0. The van der Waals surface area contributed by atoms with Crippen molar-refractivity contribution in [1.29, 1.82) is 5.26 Å². The summed E-state index contributed by atoms with van der Waals surface area (Å²) in [6, 6.07) is 2.05. The van der Waals surface area contributed by atoms with Gasteiger partial charge in [-0.25, -0.2) is 8.42 Å². The summed E-state index contributed by atoms with van der Waals surface area (Å²) in [6.07, 6.45) is 1.59. The van der Waals surface area contributed by atoms with Gasteiger partial charge in [0.15, 0.2) is 0 Å². The summed E-state index contributed by atoms with van der Waals surface area (Å²) in [6.45, 7) is 3.47. The molecule has 0 heterocycles. The zero-order chi connectivity index (χ0) is 9.12. The monoisotopic (exact) mass is 175 g/mol. The van der Waals surface area contributed by atoms with Crippen molar-refractivity contribution in [2.75, 3.05) is 12.0 Å². The van der Waals surface area contributed by atoms with Gasteiger partial charge in [-0.15, -0.1) is 0 Å². The second kappa shape index (κ2) is 3.22. The molecule has 0 atom stereocenters. The minimum Gasteiger partial charge on any atom is -0.229 e. The zero-order valence-corrected chi connectivity index (χ0v) is 7.90. The van der Waals surface area contributed by atoms with Gasteiger partial charge < -0.3 is 0 Å². The van der Waals surface area contributed by atoms with Crippen LogP contribution in [0.3, 0.4) is 0 Å². The Bertz CT molecular complexity index is 259. The summed E-state index contributed by atoms with van der Waals surface area (Å²) >= 11 is 0. The maximum atomic E-state index is 10.7. The molecule has 0 amide bonds. The van der Waals surface area contributed by atoms with Gasteiger partial charge in [0.1, 0.15) is 9.84 Å². The summed E-state index contributed by atoms with van der Waals surface area (Å²) in [5.41, 5.74) is -0.525. The van der Waals surface area contributed by atoms with Gasteiger partial charge in [-0.05, 0) is 20.3 Å². The summed E-state index contributed by atoms with van der Waals surface area (Å²) < 4.78 is 21.4. The highest BCUT2D eigenvalue weighted by Crippen LogP contribution is 2.18. The lowest BCUT2D eigenvalue weighted by molar-refractivity contribution is 0.474. The lowest BCUT2D eigenvalue weighted by Crippen LogP contribution is -2.14. The van der Waals surface area contributed by atoms with Crippen molar-refractivity contribution in [2.24, 2.45) is 5.41 Å². The molecule has 0 saturated heterocycles. The molecule has 0 fully saturated rings. The highest BCUT2D eigenvalue weighted by Gasteiger charge is 2.18. The SMILES string of the molecule is CC(C)(C#N)CCS(C)(=O)=O. The third-order valence-electron chi connectivity index (χ3n) is 1.40. The van der Waals surface area contributed by atoms with Crippen molar-refractivity contribution >= 4 is 9.84 Å². The smallest absolute Gasteiger partial charge is 0.147 e. The Morgan fingerprint density at radius 3 is 2.18 bits per heavy atom. The number of hydrogen-bond acceptors (Lipinski definition) is 3. The fraction of sp³-hybridized carbons (Fsp3) is 0.857. The molecule has 3 nitrogen and oxygen atoms in total. The Labute approximate surface area is 67.9 Å². The van der Waals surface area contributed by atoms with E-state index in [-0.39, 0.29) is 5.75 Å². The molecule has 0 aromatic heterocycles. The van der Waals surface area contributed by atoms with Gasteiger partial charge >= 0.3 is 0 Å². The molecular formula is C7H13NO2S. The van der Waals surface area contributed by atoms with Crippen molar-refractivity contribution in [2.45, 2.75) is 20.3 Å². The number of rotatable bonds is 3. The molecule has 0 N–H and O–H groups in total. The van der Waals surface area contributed by atoms with Gasteiger partial charge in [0, 0.05) is 6.26 Å². The molecule has 0 unspecified atom stereocenters. The molecule has 4 heteroatoms. The van der Waals surface area contributed by atoms with E-state index in [1.807, 2.05) is 6.07 Å². The standard InChI is InChI=1S/C7H13NO2S/c1-7(2,6-8)4-5-11(3,9)10/h4-5H2,1-3H3. The molecule has 0 radical (unpaired) electrons. The van der Waals surface area contributed by atoms with Gasteiger partial charge in [-0.2, -0.15) is 5.26 Å². The van der Waals surface area contributed by atoms with Crippen LogP contribution in [0, 0.1) is 16.7 Å². The van der Waals surface area contributed by atoms with Crippen LogP contribution in [0.4, 0.5) is 0 Å². The van der Waals surface area contributed by atoms with Crippen molar-refractivity contribution in [1.82, 2.24) is 0 Å². The molecule has 64 valence electrons. The zero-order valence-electron chi connectivity index (χ0n) is 7.09. The van der Waals surface area contributed by atoms with Crippen LogP contribution in [0.2, 0.25) is 0 Å². The van der Waals surface area contributed by atoms with Gasteiger partial charge in [0.2, 0.25) is 0 Å². The van der Waals surface area contributed by atoms with E-state index in [2.05, 4.69) is 0 Å². The van der Waals surface area contributed by atoms with Crippen molar-refractivity contribution in [3.8, 4) is 6.07 Å². The highest BCUT2D eigenvalue weighted by molar-refractivity contribution is 7.90. The van der Waals surface area contributed by atoms with Crippen LogP contribution in [-0.4, -0.2) is 20.4 Å². The predicted octanol–water partition coefficient (Wildman–Crippen LogP) is 0.971. The lowest BCUT2D eigenvalue weighted by atomic mass is 9.93. The maximum absolute atomic E-state index is 10.7. The summed E-state index contributed by atoms with van der Waals surface area (Å²) in [7, 11) is -2.92. The second-order valence-electron chi connectivity index (χ2n) is 3.38. The minimum absolute atomic E-state index is 0.0908. The van der Waals surface area contributed by atoms with Crippen LogP contribution in [0.25, 0.3) is 0 Å². The fourth-order valence-corrected chi connectivity index (χ4v) is 1.38. The first-order chi connectivity index (χ1) is 4.77. The van der Waals surface area contributed by atoms with E-state index in [0.29, 0.717) is 6.42 Å². The molecule has 0 aromatic rings. The van der Waals surface area contributed by atoms with Crippen molar-refractivity contribution in [3.63, 3.8) is 0 Å². The summed E-state index contributed by atoms with van der Waals surface area (Å²) in [5, 5.41) is 8.55. The van der Waals surface area contributed by atoms with E-state index in [1.165, 1.54) is 6.26 Å². The molecule has 0 rings (SSSR count). The number of hydrogen-bond donors (Lipinski definition) is 0. The van der Waals surface area contributed by atoms with E-state index in [4.69, 9.17) is 5.26 Å². The number of sulfone groups is 1. The predicted molar refractivity (Wildman–Crippen MR) is 43.7 cm³/mol. The maximum Gasteiger partial charge on any atom is 0.147 e. The molecule has 0 spiro atoms. The molecule has 0 aliphatic heterocycles. The van der Waals surface area contributed by atoms with Crippen LogP contribution < -0.4 is 0 Å². The molecule has 0 aliphatic carbocycles. The van der Waals surface area contributed by atoms with Crippen molar-refractivity contribution < 1.29 is 8.42 Å². The Morgan fingerprint density at radius 1 is 1.45 bits per heavy atom.